The van der Waals surface area contributed by atoms with Gasteiger partial charge in [0.2, 0.25) is 0 Å². The smallest absolute Gasteiger partial charge is 0.169 e. The number of para-hydroxylation sites is 2. The van der Waals surface area contributed by atoms with E-state index in [1.54, 1.807) is 31.5 Å². The van der Waals surface area contributed by atoms with Gasteiger partial charge in [0.1, 0.15) is 6.07 Å². The molecule has 0 aliphatic carbocycles. The topological polar surface area (TPSA) is 55.1 Å². The van der Waals surface area contributed by atoms with Crippen molar-refractivity contribution in [2.45, 2.75) is 0 Å². The maximum absolute atomic E-state index is 8.93. The van der Waals surface area contributed by atoms with Gasteiger partial charge >= 0.3 is 0 Å². The number of nitriles is 1. The molecule has 2 aromatic rings. The van der Waals surface area contributed by atoms with Crippen molar-refractivity contribution in [2.24, 2.45) is 0 Å². The molecule has 0 aliphatic heterocycles. The highest BCUT2D eigenvalue weighted by atomic mass is 16.5. The molecule has 0 N–H and O–H groups in total. The lowest BCUT2D eigenvalue weighted by molar-refractivity contribution is 0.378. The van der Waals surface area contributed by atoms with E-state index in [2.05, 4.69) is 4.98 Å². The third-order valence-corrected chi connectivity index (χ3v) is 2.19. The lowest BCUT2D eigenvalue weighted by atomic mass is 10.2. The summed E-state index contributed by atoms with van der Waals surface area (Å²) in [5.41, 5.74) is 0.436. The molecular formula is C13H10N2O2. The summed E-state index contributed by atoms with van der Waals surface area (Å²) in [5.74, 6) is 1.58. The normalized spacial score (nSPS) is 9.41. The summed E-state index contributed by atoms with van der Waals surface area (Å²) in [6.07, 6.45) is 3.05. The van der Waals surface area contributed by atoms with E-state index in [0.29, 0.717) is 22.8 Å². The fourth-order valence-electron chi connectivity index (χ4n) is 1.38. The van der Waals surface area contributed by atoms with Crippen molar-refractivity contribution in [3.8, 4) is 23.3 Å². The van der Waals surface area contributed by atoms with E-state index in [0.717, 1.165) is 0 Å². The molecule has 0 fully saturated rings. The van der Waals surface area contributed by atoms with E-state index < -0.39 is 0 Å². The SMILES string of the molecule is COc1ccccc1Oc1cnccc1C#N. The predicted molar refractivity (Wildman–Crippen MR) is 62.0 cm³/mol. The Morgan fingerprint density at radius 3 is 2.59 bits per heavy atom. The molecule has 0 saturated carbocycles. The molecule has 0 saturated heterocycles. The van der Waals surface area contributed by atoms with Crippen LogP contribution in [0.25, 0.3) is 0 Å². The number of pyridine rings is 1. The number of methoxy groups -OCH3 is 1. The predicted octanol–water partition coefficient (Wildman–Crippen LogP) is 2.75. The summed E-state index contributed by atoms with van der Waals surface area (Å²) < 4.78 is 10.8. The van der Waals surface area contributed by atoms with Gasteiger partial charge in [-0.3, -0.25) is 4.98 Å². The lowest BCUT2D eigenvalue weighted by Gasteiger charge is -2.10. The van der Waals surface area contributed by atoms with E-state index in [1.807, 2.05) is 18.2 Å². The highest BCUT2D eigenvalue weighted by Gasteiger charge is 2.07. The number of nitrogens with zero attached hydrogens (tertiary/aromatic N) is 2. The minimum absolute atomic E-state index is 0.416. The molecule has 4 heteroatoms. The maximum Gasteiger partial charge on any atom is 0.169 e. The van der Waals surface area contributed by atoms with E-state index in [-0.39, 0.29) is 0 Å². The van der Waals surface area contributed by atoms with Crippen molar-refractivity contribution in [1.29, 1.82) is 5.26 Å². The zero-order valence-electron chi connectivity index (χ0n) is 9.25. The summed E-state index contributed by atoms with van der Waals surface area (Å²) in [7, 11) is 1.57. The van der Waals surface area contributed by atoms with Crippen LogP contribution in [0.2, 0.25) is 0 Å². The molecule has 0 aliphatic rings. The van der Waals surface area contributed by atoms with Crippen molar-refractivity contribution < 1.29 is 9.47 Å². The highest BCUT2D eigenvalue weighted by molar-refractivity contribution is 5.47. The molecule has 0 atom stereocenters. The number of rotatable bonds is 3. The second-order valence-corrected chi connectivity index (χ2v) is 3.24. The van der Waals surface area contributed by atoms with E-state index in [4.69, 9.17) is 14.7 Å². The van der Waals surface area contributed by atoms with Crippen LogP contribution in [0.5, 0.6) is 17.2 Å². The van der Waals surface area contributed by atoms with E-state index >= 15 is 0 Å². The second kappa shape index (κ2) is 4.99. The highest BCUT2D eigenvalue weighted by Crippen LogP contribution is 2.31. The van der Waals surface area contributed by atoms with Crippen LogP contribution in [0.1, 0.15) is 5.56 Å². The molecule has 1 aromatic carbocycles. The van der Waals surface area contributed by atoms with Crippen LogP contribution >= 0.6 is 0 Å². The molecular weight excluding hydrogens is 216 g/mol. The summed E-state index contributed by atoms with van der Waals surface area (Å²) >= 11 is 0. The summed E-state index contributed by atoms with van der Waals surface area (Å²) in [5, 5.41) is 8.93. The van der Waals surface area contributed by atoms with Gasteiger partial charge in [0.05, 0.1) is 18.9 Å². The molecule has 0 bridgehead atoms. The van der Waals surface area contributed by atoms with Crippen molar-refractivity contribution >= 4 is 0 Å². The second-order valence-electron chi connectivity index (χ2n) is 3.24. The van der Waals surface area contributed by atoms with Crippen molar-refractivity contribution in [1.82, 2.24) is 4.98 Å². The Bertz CT molecular complexity index is 561. The molecule has 0 amide bonds. The first-order chi connectivity index (χ1) is 8.35. The molecule has 84 valence electrons. The van der Waals surface area contributed by atoms with Crippen molar-refractivity contribution in [2.75, 3.05) is 7.11 Å². The minimum Gasteiger partial charge on any atom is -0.493 e. The molecule has 1 aromatic heterocycles. The number of hydrogen-bond donors (Lipinski definition) is 0. The first-order valence-electron chi connectivity index (χ1n) is 5.00. The molecule has 0 spiro atoms. The first kappa shape index (κ1) is 11.0. The van der Waals surface area contributed by atoms with Gasteiger partial charge in [-0.05, 0) is 18.2 Å². The van der Waals surface area contributed by atoms with Crippen LogP contribution in [-0.2, 0) is 0 Å². The van der Waals surface area contributed by atoms with Gasteiger partial charge in [0, 0.05) is 6.20 Å². The van der Waals surface area contributed by atoms with Crippen LogP contribution in [0, 0.1) is 11.3 Å². The zero-order chi connectivity index (χ0) is 12.1. The van der Waals surface area contributed by atoms with Crippen LogP contribution in [0.15, 0.2) is 42.7 Å². The van der Waals surface area contributed by atoms with Gasteiger partial charge < -0.3 is 9.47 Å². The minimum atomic E-state index is 0.416. The van der Waals surface area contributed by atoms with Crippen LogP contribution in [0.4, 0.5) is 0 Å². The Labute approximate surface area is 99.1 Å². The average molecular weight is 226 g/mol. The van der Waals surface area contributed by atoms with Crippen LogP contribution < -0.4 is 9.47 Å². The molecule has 17 heavy (non-hydrogen) atoms. The number of aromatic nitrogens is 1. The molecule has 0 radical (unpaired) electrons. The quantitative estimate of drug-likeness (QED) is 0.807. The van der Waals surface area contributed by atoms with Gasteiger partial charge in [-0.15, -0.1) is 0 Å². The van der Waals surface area contributed by atoms with Gasteiger partial charge in [0.15, 0.2) is 17.2 Å². The van der Waals surface area contributed by atoms with Crippen molar-refractivity contribution in [3.05, 3.63) is 48.3 Å². The van der Waals surface area contributed by atoms with Gasteiger partial charge in [-0.2, -0.15) is 5.26 Å². The Morgan fingerprint density at radius 2 is 1.88 bits per heavy atom. The standard InChI is InChI=1S/C13H10N2O2/c1-16-11-4-2-3-5-12(11)17-13-9-15-7-6-10(13)8-14/h2-7,9H,1H3. The molecule has 0 unspecified atom stereocenters. The fourth-order valence-corrected chi connectivity index (χ4v) is 1.38. The third kappa shape index (κ3) is 2.34. The maximum atomic E-state index is 8.93. The zero-order valence-corrected chi connectivity index (χ0v) is 9.25. The van der Waals surface area contributed by atoms with Gasteiger partial charge in [-0.1, -0.05) is 12.1 Å². The average Bonchev–Trinajstić information content (AvgIpc) is 2.40. The number of ether oxygens (including phenoxy) is 2. The molecule has 1 heterocycles. The van der Waals surface area contributed by atoms with Crippen LogP contribution in [-0.4, -0.2) is 12.1 Å². The van der Waals surface area contributed by atoms with E-state index in [1.165, 1.54) is 6.20 Å². The Hall–Kier alpha value is -2.54. The van der Waals surface area contributed by atoms with Crippen molar-refractivity contribution in [3.63, 3.8) is 0 Å². The summed E-state index contributed by atoms with van der Waals surface area (Å²) in [6.45, 7) is 0. The third-order valence-electron chi connectivity index (χ3n) is 2.19. The number of hydrogen-bond acceptors (Lipinski definition) is 4. The molecule has 2 rings (SSSR count). The molecule has 4 nitrogen and oxygen atoms in total. The summed E-state index contributed by atoms with van der Waals surface area (Å²) in [6, 6.07) is 10.9. The largest absolute Gasteiger partial charge is 0.493 e. The number of benzene rings is 1. The Morgan fingerprint density at radius 1 is 1.12 bits per heavy atom. The van der Waals surface area contributed by atoms with Gasteiger partial charge in [0.25, 0.3) is 0 Å². The summed E-state index contributed by atoms with van der Waals surface area (Å²) in [4.78, 5) is 3.93. The van der Waals surface area contributed by atoms with Gasteiger partial charge in [-0.25, -0.2) is 0 Å². The first-order valence-corrected chi connectivity index (χ1v) is 5.00. The Balaban J connectivity index is 2.35. The fraction of sp³-hybridized carbons (Fsp3) is 0.0769. The Kier molecular flexibility index (Phi) is 3.22. The monoisotopic (exact) mass is 226 g/mol. The van der Waals surface area contributed by atoms with Crippen LogP contribution in [0.3, 0.4) is 0 Å². The van der Waals surface area contributed by atoms with E-state index in [9.17, 15) is 0 Å². The lowest BCUT2D eigenvalue weighted by Crippen LogP contribution is -1.92.